The molecule has 1 spiro atoms. The molecule has 6 rings (SSSR count). The molecule has 2 N–H and O–H groups in total. The highest BCUT2D eigenvalue weighted by Crippen LogP contribution is 2.46. The van der Waals surface area contributed by atoms with Gasteiger partial charge in [-0.3, -0.25) is 9.52 Å². The molecule has 0 atom stereocenters. The van der Waals surface area contributed by atoms with E-state index in [0.717, 1.165) is 66.2 Å². The summed E-state index contributed by atoms with van der Waals surface area (Å²) in [5.74, 6) is 1.09. The van der Waals surface area contributed by atoms with Gasteiger partial charge in [0.1, 0.15) is 17.8 Å². The highest BCUT2D eigenvalue weighted by atomic mass is 32.2. The van der Waals surface area contributed by atoms with E-state index in [0.29, 0.717) is 6.54 Å². The Hall–Kier alpha value is -2.88. The lowest BCUT2D eigenvalue weighted by atomic mass is 10.1. The van der Waals surface area contributed by atoms with Gasteiger partial charge in [0.2, 0.25) is 0 Å². The first-order valence-electron chi connectivity index (χ1n) is 11.6. The van der Waals surface area contributed by atoms with Gasteiger partial charge in [-0.05, 0) is 73.0 Å². The van der Waals surface area contributed by atoms with Gasteiger partial charge in [-0.2, -0.15) is 0 Å². The third kappa shape index (κ3) is 4.19. The van der Waals surface area contributed by atoms with Crippen molar-refractivity contribution in [2.75, 3.05) is 31.1 Å². The monoisotopic (exact) mass is 490 g/mol. The second kappa shape index (κ2) is 9.05. The first-order valence-corrected chi connectivity index (χ1v) is 13.3. The average molecular weight is 491 g/mol. The van der Waals surface area contributed by atoms with Crippen LogP contribution in [-0.4, -0.2) is 57.5 Å². The summed E-state index contributed by atoms with van der Waals surface area (Å²) in [7, 11) is 0. The highest BCUT2D eigenvalue weighted by molar-refractivity contribution is 7.97. The van der Waals surface area contributed by atoms with Crippen LogP contribution in [0.25, 0.3) is 11.0 Å². The van der Waals surface area contributed by atoms with Gasteiger partial charge in [-0.1, -0.05) is 6.07 Å². The van der Waals surface area contributed by atoms with Crippen LogP contribution in [0, 0.1) is 0 Å². The Balaban J connectivity index is 1.08. The zero-order valence-corrected chi connectivity index (χ0v) is 20.4. The van der Waals surface area contributed by atoms with Gasteiger partial charge < -0.3 is 14.8 Å². The van der Waals surface area contributed by atoms with Crippen molar-refractivity contribution < 1.29 is 4.79 Å². The molecule has 0 unspecified atom stereocenters. The Morgan fingerprint density at radius 1 is 1.15 bits per heavy atom. The Bertz CT molecular complexity index is 1280. The number of piperazine rings is 1. The van der Waals surface area contributed by atoms with E-state index in [4.69, 9.17) is 0 Å². The lowest BCUT2D eigenvalue weighted by Gasteiger charge is -2.43. The number of hydrogen-bond acceptors (Lipinski definition) is 7. The fourth-order valence-corrected chi connectivity index (χ4v) is 6.10. The largest absolute Gasteiger partial charge is 0.352 e. The van der Waals surface area contributed by atoms with Crippen LogP contribution in [0.5, 0.6) is 0 Å². The number of H-pyrrole nitrogens is 1. The molecule has 1 aliphatic carbocycles. The van der Waals surface area contributed by atoms with Gasteiger partial charge in [0.25, 0.3) is 5.91 Å². The van der Waals surface area contributed by atoms with Crippen LogP contribution in [0.15, 0.2) is 65.3 Å². The van der Waals surface area contributed by atoms with Crippen LogP contribution < -0.4 is 9.62 Å². The summed E-state index contributed by atoms with van der Waals surface area (Å²) in [6.45, 7) is 3.21. The molecule has 0 radical (unpaired) electrons. The molecule has 4 aromatic rings. The summed E-state index contributed by atoms with van der Waals surface area (Å²) < 4.78 is 3.42. The van der Waals surface area contributed by atoms with Crippen molar-refractivity contribution in [3.05, 3.63) is 70.8 Å². The quantitative estimate of drug-likeness (QED) is 0.296. The van der Waals surface area contributed by atoms with Crippen molar-refractivity contribution in [2.45, 2.75) is 29.7 Å². The van der Waals surface area contributed by atoms with Crippen LogP contribution in [0.2, 0.25) is 0 Å². The van der Waals surface area contributed by atoms with Crippen molar-refractivity contribution in [1.82, 2.24) is 24.6 Å². The third-order valence-electron chi connectivity index (χ3n) is 6.70. The average Bonchev–Trinajstić information content (AvgIpc) is 3.26. The molecule has 1 aromatic carbocycles. The summed E-state index contributed by atoms with van der Waals surface area (Å²) in [6.07, 6.45) is 6.62. The number of benzene rings is 1. The number of carbonyl (C=O) groups is 1. The minimum Gasteiger partial charge on any atom is -0.352 e. The summed E-state index contributed by atoms with van der Waals surface area (Å²) in [5, 5.41) is 3.15. The van der Waals surface area contributed by atoms with E-state index in [-0.39, 0.29) is 11.4 Å². The molecule has 3 aromatic heterocycles. The van der Waals surface area contributed by atoms with Crippen LogP contribution in [-0.2, 0) is 6.42 Å². The first kappa shape index (κ1) is 21.6. The minimum absolute atomic E-state index is 0.0836. The summed E-state index contributed by atoms with van der Waals surface area (Å²) in [6, 6.07) is 14.3. The molecule has 4 heterocycles. The van der Waals surface area contributed by atoms with Crippen LogP contribution in [0.1, 0.15) is 28.1 Å². The molecule has 174 valence electrons. The third-order valence-corrected chi connectivity index (χ3v) is 8.49. The number of hydrogen-bond donors (Lipinski definition) is 2. The van der Waals surface area contributed by atoms with Crippen molar-refractivity contribution in [1.29, 1.82) is 0 Å². The smallest absolute Gasteiger partial charge is 0.254 e. The number of thiophene rings is 1. The number of rotatable bonds is 7. The van der Waals surface area contributed by atoms with Crippen LogP contribution >= 0.6 is 23.3 Å². The van der Waals surface area contributed by atoms with Gasteiger partial charge in [0.05, 0.1) is 10.9 Å². The first-order chi connectivity index (χ1) is 16.7. The topological polar surface area (TPSA) is 77.2 Å². The number of aromatic amines is 1. The van der Waals surface area contributed by atoms with Gasteiger partial charge >= 0.3 is 0 Å². The molecule has 1 amide bonds. The lowest BCUT2D eigenvalue weighted by Crippen LogP contribution is -2.57. The van der Waals surface area contributed by atoms with Crippen molar-refractivity contribution in [3.8, 4) is 0 Å². The van der Waals surface area contributed by atoms with E-state index < -0.39 is 0 Å². The molecule has 1 saturated heterocycles. The number of fused-ring (bicyclic) bond motifs is 1. The van der Waals surface area contributed by atoms with E-state index in [1.54, 1.807) is 29.6 Å². The number of nitrogens with zero attached hydrogens (tertiary/aromatic N) is 4. The molecule has 2 aliphatic rings. The normalized spacial score (nSPS) is 16.9. The van der Waals surface area contributed by atoms with E-state index in [9.17, 15) is 4.79 Å². The van der Waals surface area contributed by atoms with E-state index in [1.807, 2.05) is 36.5 Å². The van der Waals surface area contributed by atoms with Crippen LogP contribution in [0.4, 0.5) is 5.82 Å². The second-order valence-corrected chi connectivity index (χ2v) is 10.9. The van der Waals surface area contributed by atoms with E-state index in [2.05, 4.69) is 47.0 Å². The van der Waals surface area contributed by atoms with Gasteiger partial charge in [0.15, 0.2) is 0 Å². The molecule has 9 heteroatoms. The van der Waals surface area contributed by atoms with Crippen LogP contribution in [0.3, 0.4) is 0 Å². The molecule has 1 aliphatic heterocycles. The standard InChI is InChI=1S/C25H26N6OS2/c32-24(18-3-5-20(6-4-18)34-29-12-7-19-2-1-15-33-19)31-14-13-30(16-25(31)9-10-25)23-21-8-11-26-22(21)27-17-28-23/h1-6,8,11,15,17,29H,7,9-10,12-14,16H2,(H,26,27,28). The molecule has 7 nitrogen and oxygen atoms in total. The zero-order chi connectivity index (χ0) is 23.0. The second-order valence-electron chi connectivity index (χ2n) is 8.89. The zero-order valence-electron chi connectivity index (χ0n) is 18.7. The van der Waals surface area contributed by atoms with Crippen molar-refractivity contribution in [2.24, 2.45) is 0 Å². The summed E-state index contributed by atoms with van der Waals surface area (Å²) in [5.41, 5.74) is 1.53. The lowest BCUT2D eigenvalue weighted by molar-refractivity contribution is 0.0624. The van der Waals surface area contributed by atoms with Crippen molar-refractivity contribution >= 4 is 46.0 Å². The van der Waals surface area contributed by atoms with Gasteiger partial charge in [0, 0.05) is 47.7 Å². The summed E-state index contributed by atoms with van der Waals surface area (Å²) >= 11 is 3.41. The predicted molar refractivity (Wildman–Crippen MR) is 137 cm³/mol. The minimum atomic E-state index is -0.0836. The number of nitrogens with one attached hydrogen (secondary N) is 2. The fourth-order valence-electron chi connectivity index (χ4n) is 4.74. The van der Waals surface area contributed by atoms with Crippen molar-refractivity contribution in [3.63, 3.8) is 0 Å². The Morgan fingerprint density at radius 2 is 2.03 bits per heavy atom. The van der Waals surface area contributed by atoms with E-state index in [1.165, 1.54) is 4.88 Å². The Morgan fingerprint density at radius 3 is 2.82 bits per heavy atom. The molecule has 34 heavy (non-hydrogen) atoms. The van der Waals surface area contributed by atoms with Gasteiger partial charge in [-0.15, -0.1) is 11.3 Å². The maximum Gasteiger partial charge on any atom is 0.254 e. The predicted octanol–water partition coefficient (Wildman–Crippen LogP) is 4.35. The summed E-state index contributed by atoms with van der Waals surface area (Å²) in [4.78, 5) is 32.4. The molecular formula is C25H26N6OS2. The van der Waals surface area contributed by atoms with E-state index >= 15 is 0 Å². The molecule has 2 fully saturated rings. The number of carbonyl (C=O) groups excluding carboxylic acids is 1. The maximum absolute atomic E-state index is 13.4. The molecule has 1 saturated carbocycles. The molecule has 0 bridgehead atoms. The maximum atomic E-state index is 13.4. The highest BCUT2D eigenvalue weighted by Gasteiger charge is 2.53. The number of amides is 1. The SMILES string of the molecule is O=C(c1ccc(SNCCc2cccs2)cc1)N1CCN(c2ncnc3[nH]ccc23)CC12CC2. The van der Waals surface area contributed by atoms with Gasteiger partial charge in [-0.25, -0.2) is 9.97 Å². The number of anilines is 1. The molecular weight excluding hydrogens is 464 g/mol. The Labute approximate surface area is 206 Å². The fraction of sp³-hybridized carbons (Fsp3) is 0.320. The number of aromatic nitrogens is 3. The Kier molecular flexibility index (Phi) is 5.76.